The molecule has 1 atom stereocenters. The zero-order chi connectivity index (χ0) is 9.35. The number of carbonyl (C=O) groups is 2. The summed E-state index contributed by atoms with van der Waals surface area (Å²) in [6.07, 6.45) is 0.654. The third-order valence-corrected chi connectivity index (χ3v) is 4.38. The van der Waals surface area contributed by atoms with E-state index in [-0.39, 0.29) is 5.92 Å². The molecule has 0 aromatic carbocycles. The molecule has 6 heteroatoms. The monoisotopic (exact) mass is 208 g/mol. The molecule has 1 saturated carbocycles. The lowest BCUT2D eigenvalue weighted by Crippen LogP contribution is -2.06. The first-order chi connectivity index (χ1) is 5.46. The topological polar surface area (TPSA) is 74.6 Å². The van der Waals surface area contributed by atoms with Gasteiger partial charge in [0.1, 0.15) is 0 Å². The fraction of sp³-hybridized carbons (Fsp3) is 0.667. The fourth-order valence-electron chi connectivity index (χ4n) is 0.969. The zero-order valence-corrected chi connectivity index (χ0v) is 7.94. The van der Waals surface area contributed by atoms with Gasteiger partial charge in [-0.25, -0.2) is 9.59 Å². The third kappa shape index (κ3) is 2.07. The lowest BCUT2D eigenvalue weighted by molar-refractivity contribution is 0.221. The molecule has 1 rings (SSSR count). The van der Waals surface area contributed by atoms with Crippen LogP contribution in [0, 0.1) is 5.92 Å². The summed E-state index contributed by atoms with van der Waals surface area (Å²) in [5, 5.41) is 14.9. The average Bonchev–Trinajstić information content (AvgIpc) is 2.36. The van der Waals surface area contributed by atoms with Crippen molar-refractivity contribution >= 4 is 34.1 Å². The predicted octanol–water partition coefficient (Wildman–Crippen LogP) is 2.54. The van der Waals surface area contributed by atoms with E-state index in [4.69, 9.17) is 10.2 Å². The third-order valence-electron chi connectivity index (χ3n) is 1.70. The maximum Gasteiger partial charge on any atom is 0.366 e. The molecule has 0 spiro atoms. The molecule has 12 heavy (non-hydrogen) atoms. The van der Waals surface area contributed by atoms with E-state index in [0.717, 1.165) is 0 Å². The summed E-state index contributed by atoms with van der Waals surface area (Å²) in [6, 6.07) is 0. The Kier molecular flexibility index (Phi) is 2.58. The van der Waals surface area contributed by atoms with Crippen molar-refractivity contribution in [2.75, 3.05) is 0 Å². The summed E-state index contributed by atoms with van der Waals surface area (Å²) in [4.78, 5) is 20.7. The minimum absolute atomic E-state index is 0.166. The minimum atomic E-state index is -1.01. The van der Waals surface area contributed by atoms with Gasteiger partial charge in [0.15, 0.2) is 0 Å². The van der Waals surface area contributed by atoms with Gasteiger partial charge in [0.05, 0.1) is 4.08 Å². The van der Waals surface area contributed by atoms with Crippen LogP contribution in [0.15, 0.2) is 0 Å². The quantitative estimate of drug-likeness (QED) is 0.679. The second kappa shape index (κ2) is 3.18. The van der Waals surface area contributed by atoms with Gasteiger partial charge < -0.3 is 10.2 Å². The Morgan fingerprint density at radius 3 is 1.83 bits per heavy atom. The van der Waals surface area contributed by atoms with Crippen LogP contribution in [-0.4, -0.2) is 24.9 Å². The van der Waals surface area contributed by atoms with E-state index in [2.05, 4.69) is 0 Å². The molecule has 2 N–H and O–H groups in total. The van der Waals surface area contributed by atoms with Gasteiger partial charge in [-0.15, -0.1) is 0 Å². The van der Waals surface area contributed by atoms with Crippen LogP contribution in [0.4, 0.5) is 9.59 Å². The van der Waals surface area contributed by atoms with Crippen LogP contribution in [0.1, 0.15) is 13.3 Å². The van der Waals surface area contributed by atoms with Gasteiger partial charge in [-0.3, -0.25) is 0 Å². The lowest BCUT2D eigenvalue weighted by atomic mass is 10.5. The molecular weight excluding hydrogens is 200 g/mol. The van der Waals surface area contributed by atoms with E-state index in [9.17, 15) is 9.59 Å². The Morgan fingerprint density at radius 2 is 1.67 bits per heavy atom. The van der Waals surface area contributed by atoms with Gasteiger partial charge in [0, 0.05) is 0 Å². The number of hydrogen-bond acceptors (Lipinski definition) is 4. The van der Waals surface area contributed by atoms with Crippen LogP contribution in [0.25, 0.3) is 0 Å². The Hall–Kier alpha value is -0.360. The van der Waals surface area contributed by atoms with E-state index < -0.39 is 14.7 Å². The first kappa shape index (κ1) is 9.73. The highest BCUT2D eigenvalue weighted by atomic mass is 32.2. The molecule has 1 fully saturated rings. The molecule has 0 heterocycles. The molecule has 0 amide bonds. The van der Waals surface area contributed by atoms with Gasteiger partial charge in [-0.2, -0.15) is 0 Å². The highest BCUT2D eigenvalue weighted by molar-refractivity contribution is 8.30. The molecule has 68 valence electrons. The normalized spacial score (nSPS) is 24.9. The van der Waals surface area contributed by atoms with Crippen LogP contribution in [0.5, 0.6) is 0 Å². The Balaban J connectivity index is 2.54. The second-order valence-electron chi connectivity index (χ2n) is 2.65. The summed E-state index contributed by atoms with van der Waals surface area (Å²) in [5.41, 5.74) is 0. The van der Waals surface area contributed by atoms with Crippen molar-refractivity contribution in [3.05, 3.63) is 0 Å². The summed E-state index contributed by atoms with van der Waals surface area (Å²) >= 11 is 1.41. The molecular formula is C6H8O4S2. The molecule has 0 bridgehead atoms. The fourth-order valence-corrected chi connectivity index (χ4v) is 3.22. The number of carboxylic acid groups (broad SMARTS) is 2. The molecule has 0 aromatic rings. The van der Waals surface area contributed by atoms with Crippen molar-refractivity contribution in [1.29, 1.82) is 0 Å². The Bertz CT molecular complexity index is 212. The molecule has 0 saturated heterocycles. The van der Waals surface area contributed by atoms with Crippen LogP contribution in [-0.2, 0) is 0 Å². The van der Waals surface area contributed by atoms with E-state index in [1.54, 1.807) is 0 Å². The summed E-state index contributed by atoms with van der Waals surface area (Å²) in [7, 11) is 0. The standard InChI is InChI=1S/C6H8O4S2/c1-3-2-6(3,11-4(7)8)12-5(9)10/h3H,2H2,1H3,(H,7,8)(H,9,10). The molecule has 1 unspecified atom stereocenters. The summed E-state index contributed by atoms with van der Waals surface area (Å²) in [5.74, 6) is 0.166. The van der Waals surface area contributed by atoms with Gasteiger partial charge in [-0.05, 0) is 35.9 Å². The number of rotatable bonds is 2. The average molecular weight is 208 g/mol. The van der Waals surface area contributed by atoms with Gasteiger partial charge in [0.25, 0.3) is 0 Å². The highest BCUT2D eigenvalue weighted by Gasteiger charge is 2.56. The molecule has 1 aliphatic rings. The van der Waals surface area contributed by atoms with Gasteiger partial charge in [-0.1, -0.05) is 6.92 Å². The van der Waals surface area contributed by atoms with Crippen molar-refractivity contribution in [3.63, 3.8) is 0 Å². The molecule has 4 nitrogen and oxygen atoms in total. The molecule has 0 aliphatic heterocycles. The largest absolute Gasteiger partial charge is 0.473 e. The highest BCUT2D eigenvalue weighted by Crippen LogP contribution is 2.61. The maximum absolute atomic E-state index is 10.3. The SMILES string of the molecule is CC1CC1(SC(=O)O)SC(=O)O. The first-order valence-corrected chi connectivity index (χ1v) is 4.93. The van der Waals surface area contributed by atoms with Crippen LogP contribution in [0.2, 0.25) is 0 Å². The minimum Gasteiger partial charge on any atom is -0.473 e. The Labute approximate surface area is 77.7 Å². The predicted molar refractivity (Wildman–Crippen MR) is 47.7 cm³/mol. The maximum atomic E-state index is 10.3. The van der Waals surface area contributed by atoms with Crippen molar-refractivity contribution in [1.82, 2.24) is 0 Å². The van der Waals surface area contributed by atoms with Crippen molar-refractivity contribution in [3.8, 4) is 0 Å². The second-order valence-corrected chi connectivity index (χ2v) is 5.48. The van der Waals surface area contributed by atoms with E-state index >= 15 is 0 Å². The number of hydrogen-bond donors (Lipinski definition) is 2. The van der Waals surface area contributed by atoms with Gasteiger partial charge >= 0.3 is 10.6 Å². The zero-order valence-electron chi connectivity index (χ0n) is 6.31. The summed E-state index contributed by atoms with van der Waals surface area (Å²) in [6.45, 7) is 1.85. The van der Waals surface area contributed by atoms with E-state index in [0.29, 0.717) is 29.9 Å². The van der Waals surface area contributed by atoms with E-state index in [1.165, 1.54) is 0 Å². The molecule has 0 aromatic heterocycles. The Morgan fingerprint density at radius 1 is 1.33 bits per heavy atom. The van der Waals surface area contributed by atoms with Gasteiger partial charge in [0.2, 0.25) is 0 Å². The van der Waals surface area contributed by atoms with Crippen molar-refractivity contribution in [2.45, 2.75) is 17.4 Å². The van der Waals surface area contributed by atoms with Crippen LogP contribution < -0.4 is 0 Å². The van der Waals surface area contributed by atoms with Crippen LogP contribution >= 0.6 is 23.5 Å². The van der Waals surface area contributed by atoms with E-state index in [1.807, 2.05) is 6.92 Å². The number of thioether (sulfide) groups is 2. The summed E-state index contributed by atoms with van der Waals surface area (Å²) < 4.78 is -0.613. The van der Waals surface area contributed by atoms with Crippen molar-refractivity contribution < 1.29 is 19.8 Å². The molecule has 0 radical (unpaired) electrons. The first-order valence-electron chi connectivity index (χ1n) is 3.30. The smallest absolute Gasteiger partial charge is 0.366 e. The lowest BCUT2D eigenvalue weighted by Gasteiger charge is -2.07. The van der Waals surface area contributed by atoms with Crippen LogP contribution in [0.3, 0.4) is 0 Å². The van der Waals surface area contributed by atoms with Crippen molar-refractivity contribution in [2.24, 2.45) is 5.92 Å². The molecule has 1 aliphatic carbocycles.